The van der Waals surface area contributed by atoms with Gasteiger partial charge in [0.25, 0.3) is 0 Å². The number of amides is 4. The van der Waals surface area contributed by atoms with Gasteiger partial charge in [0.15, 0.2) is 0 Å². The Morgan fingerprint density at radius 2 is 1.55 bits per heavy atom. The molecule has 5 saturated heterocycles. The molecular formula is C58H77F2N11O6S. The molecule has 2 aromatic carbocycles. The normalized spacial score (nSPS) is 25.0. The number of anilines is 3. The van der Waals surface area contributed by atoms with E-state index in [-0.39, 0.29) is 61.2 Å². The first kappa shape index (κ1) is 55.5. The fraction of sp³-hybridized carbons (Fsp3) is 0.603. The van der Waals surface area contributed by atoms with Gasteiger partial charge in [-0.1, -0.05) is 58.9 Å². The van der Waals surface area contributed by atoms with Crippen LogP contribution in [0.1, 0.15) is 109 Å². The smallest absolute Gasteiger partial charge is 0.246 e. The van der Waals surface area contributed by atoms with Crippen LogP contribution in [0.5, 0.6) is 0 Å². The molecule has 420 valence electrons. The first-order valence-corrected chi connectivity index (χ1v) is 28.8. The topological polar surface area (TPSA) is 189 Å². The van der Waals surface area contributed by atoms with Gasteiger partial charge in [-0.3, -0.25) is 24.1 Å². The quantitative estimate of drug-likeness (QED) is 0.109. The maximum Gasteiger partial charge on any atom is 0.246 e. The van der Waals surface area contributed by atoms with Crippen LogP contribution in [0.15, 0.2) is 54.3 Å². The second kappa shape index (κ2) is 22.4. The lowest BCUT2D eigenvalue weighted by atomic mass is 9.82. The van der Waals surface area contributed by atoms with Crippen molar-refractivity contribution >= 4 is 52.3 Å². The third-order valence-corrected chi connectivity index (χ3v) is 18.5. The Bertz CT molecular complexity index is 2830. The van der Waals surface area contributed by atoms with Crippen molar-refractivity contribution < 1.29 is 37.8 Å². The highest BCUT2D eigenvalue weighted by Gasteiger charge is 2.47. The lowest BCUT2D eigenvalue weighted by Crippen LogP contribution is -2.66. The van der Waals surface area contributed by atoms with Gasteiger partial charge in [0.2, 0.25) is 23.6 Å². The van der Waals surface area contributed by atoms with Gasteiger partial charge in [-0.2, -0.15) is 0 Å². The number of hydrogen-bond donors (Lipinski definition) is 4. The standard InChI is InChI=1S/C58H77F2N11O6S/c1-35(37-8-10-38(11-9-37)52-36(2)63-34-78-52)64-54(75)47-23-42(72)29-71(47)55(76)53(56(3,4)5)65-51(74)31-77-43-20-39-27-69(28-40(39)21-43)49-25-48(61-33-62-49)68-18-14-58(15-19-68)32-70(30-50(73)66-58)46-24-44(59)41(22-45(46)60)26-67-16-12-57(6,7)13-17-67/h8-11,22,24-25,33-35,39-40,42-43,47,53,72H,12-21,23,26-32H2,1-7H3,(H,64,75)(H,65,74)(H,66,73)/t35-,39-,40+,42+,43?,47-,53+/m0/s1. The van der Waals surface area contributed by atoms with Gasteiger partial charge in [0.05, 0.1) is 52.1 Å². The zero-order chi connectivity index (χ0) is 55.3. The Morgan fingerprint density at radius 3 is 2.21 bits per heavy atom. The molecular weight excluding hydrogens is 1020 g/mol. The van der Waals surface area contributed by atoms with E-state index in [1.54, 1.807) is 22.6 Å². The number of carbonyl (C=O) groups excluding carboxylic acids is 4. The van der Waals surface area contributed by atoms with Crippen LogP contribution in [-0.2, 0) is 30.5 Å². The minimum Gasteiger partial charge on any atom is -0.391 e. The molecule has 20 heteroatoms. The predicted octanol–water partition coefficient (Wildman–Crippen LogP) is 6.39. The number of piperidine rings is 2. The third kappa shape index (κ3) is 12.3. The number of fused-ring (bicyclic) bond motifs is 1. The highest BCUT2D eigenvalue weighted by atomic mass is 32.1. The summed E-state index contributed by atoms with van der Waals surface area (Å²) < 4.78 is 37.6. The van der Waals surface area contributed by atoms with Gasteiger partial charge in [-0.25, -0.2) is 23.7 Å². The maximum atomic E-state index is 15.8. The summed E-state index contributed by atoms with van der Waals surface area (Å²) in [6.45, 7) is 18.9. The molecule has 0 bridgehead atoms. The number of likely N-dealkylation sites (tertiary alicyclic amines) is 2. The average Bonchev–Trinajstić information content (AvgIpc) is 4.23. The summed E-state index contributed by atoms with van der Waals surface area (Å²) in [5.41, 5.74) is 4.13. The summed E-state index contributed by atoms with van der Waals surface area (Å²) in [4.78, 5) is 79.4. The molecule has 1 aliphatic carbocycles. The summed E-state index contributed by atoms with van der Waals surface area (Å²) in [6, 6.07) is 10.3. The largest absolute Gasteiger partial charge is 0.391 e. The number of rotatable bonds is 14. The van der Waals surface area contributed by atoms with E-state index in [0.29, 0.717) is 56.4 Å². The zero-order valence-corrected chi connectivity index (χ0v) is 47.0. The van der Waals surface area contributed by atoms with E-state index in [2.05, 4.69) is 59.4 Å². The molecule has 1 saturated carbocycles. The minimum absolute atomic E-state index is 0.0201. The molecule has 1 unspecified atom stereocenters. The molecule has 17 nitrogen and oxygen atoms in total. The van der Waals surface area contributed by atoms with Crippen molar-refractivity contribution in [2.45, 2.75) is 136 Å². The van der Waals surface area contributed by atoms with Gasteiger partial charge in [-0.15, -0.1) is 11.3 Å². The summed E-state index contributed by atoms with van der Waals surface area (Å²) in [6.07, 6.45) is 5.47. The first-order chi connectivity index (χ1) is 37.1. The molecule has 4 N–H and O–H groups in total. The van der Waals surface area contributed by atoms with Gasteiger partial charge in [-0.05, 0) is 105 Å². The highest BCUT2D eigenvalue weighted by molar-refractivity contribution is 7.13. The molecule has 6 fully saturated rings. The Balaban J connectivity index is 0.684. The third-order valence-electron chi connectivity index (χ3n) is 17.5. The summed E-state index contributed by atoms with van der Waals surface area (Å²) >= 11 is 1.57. The second-order valence-corrected chi connectivity index (χ2v) is 25.8. The SMILES string of the molecule is Cc1ncsc1-c1ccc([C@H](C)NC(=O)[C@@H]2C[C@@H](O)CN2C(=O)[C@@H](NC(=O)COC2C[C@@H]3CN(c4cc(N5CCC6(CC5)CN(c5cc(F)c(CN7CCC(C)(C)CC7)cc5F)CC(=O)N6)ncn4)C[C@@H]3C2)C(C)(C)C)cc1. The molecule has 7 heterocycles. The fourth-order valence-corrected chi connectivity index (χ4v) is 13.6. The summed E-state index contributed by atoms with van der Waals surface area (Å²) in [5.74, 6) is -0.0859. The lowest BCUT2D eigenvalue weighted by Gasteiger charge is -2.48. The van der Waals surface area contributed by atoms with Crippen LogP contribution < -0.4 is 30.7 Å². The van der Waals surface area contributed by atoms with Crippen molar-refractivity contribution in [1.82, 2.24) is 40.7 Å². The molecule has 78 heavy (non-hydrogen) atoms. The molecule has 10 rings (SSSR count). The van der Waals surface area contributed by atoms with E-state index < -0.39 is 52.6 Å². The summed E-state index contributed by atoms with van der Waals surface area (Å²) in [5, 5.41) is 20.0. The predicted molar refractivity (Wildman–Crippen MR) is 296 cm³/mol. The molecule has 0 radical (unpaired) electrons. The van der Waals surface area contributed by atoms with Crippen LogP contribution in [0.3, 0.4) is 0 Å². The number of aryl methyl sites for hydroxylation is 1. The number of aliphatic hydroxyl groups is 1. The van der Waals surface area contributed by atoms with Crippen molar-refractivity contribution in [3.63, 3.8) is 0 Å². The number of nitrogens with zero attached hydrogens (tertiary/aromatic N) is 8. The Morgan fingerprint density at radius 1 is 0.872 bits per heavy atom. The number of nitrogens with one attached hydrogen (secondary N) is 3. The highest BCUT2D eigenvalue weighted by Crippen LogP contribution is 2.42. The van der Waals surface area contributed by atoms with Crippen molar-refractivity contribution in [2.24, 2.45) is 22.7 Å². The van der Waals surface area contributed by atoms with E-state index in [1.165, 1.54) is 17.0 Å². The van der Waals surface area contributed by atoms with Crippen molar-refractivity contribution in [3.05, 3.63) is 82.8 Å². The fourth-order valence-electron chi connectivity index (χ4n) is 12.7. The number of ether oxygens (including phenoxy) is 1. The van der Waals surface area contributed by atoms with Gasteiger partial charge in [0, 0.05) is 69.9 Å². The molecule has 5 aliphatic heterocycles. The van der Waals surface area contributed by atoms with Crippen LogP contribution in [0.4, 0.5) is 26.1 Å². The molecule has 4 aromatic rings. The maximum absolute atomic E-state index is 15.8. The average molecular weight is 1090 g/mol. The van der Waals surface area contributed by atoms with Crippen LogP contribution in [0.25, 0.3) is 10.4 Å². The van der Waals surface area contributed by atoms with Crippen LogP contribution in [0, 0.1) is 41.2 Å². The second-order valence-electron chi connectivity index (χ2n) is 25.0. The van der Waals surface area contributed by atoms with Crippen molar-refractivity contribution in [2.75, 3.05) is 80.2 Å². The monoisotopic (exact) mass is 1090 g/mol. The number of piperazine rings is 1. The number of aromatic nitrogens is 3. The van der Waals surface area contributed by atoms with Gasteiger partial charge < -0.3 is 45.4 Å². The van der Waals surface area contributed by atoms with Crippen LogP contribution >= 0.6 is 11.3 Å². The Labute approximate surface area is 460 Å². The number of halogens is 2. The minimum atomic E-state index is -0.970. The van der Waals surface area contributed by atoms with Crippen LogP contribution in [0.2, 0.25) is 0 Å². The lowest BCUT2D eigenvalue weighted by molar-refractivity contribution is -0.145. The number of carbonyl (C=O) groups is 4. The van der Waals surface area contributed by atoms with Crippen molar-refractivity contribution in [3.8, 4) is 10.4 Å². The van der Waals surface area contributed by atoms with Gasteiger partial charge in [0.1, 0.15) is 48.3 Å². The molecule has 1 spiro atoms. The van der Waals surface area contributed by atoms with E-state index in [4.69, 9.17) is 4.74 Å². The zero-order valence-electron chi connectivity index (χ0n) is 46.2. The number of thiazole rings is 1. The molecule has 2 aromatic heterocycles. The number of β-amino-alcohol motifs (C(OH)–C–C–N with tert-alkyl or cyclic N) is 1. The van der Waals surface area contributed by atoms with E-state index in [1.807, 2.05) is 70.5 Å². The van der Waals surface area contributed by atoms with Gasteiger partial charge >= 0.3 is 0 Å². The van der Waals surface area contributed by atoms with E-state index in [0.717, 1.165) is 85.2 Å². The molecule has 4 amide bonds. The number of aliphatic hydroxyl groups excluding tert-OH is 1. The van der Waals surface area contributed by atoms with Crippen LogP contribution in [-0.4, -0.2) is 149 Å². The van der Waals surface area contributed by atoms with E-state index in [9.17, 15) is 24.3 Å². The summed E-state index contributed by atoms with van der Waals surface area (Å²) in [7, 11) is 0. The van der Waals surface area contributed by atoms with E-state index >= 15 is 8.78 Å². The first-order valence-electron chi connectivity index (χ1n) is 27.9. The number of benzene rings is 2. The molecule has 6 aliphatic rings. The molecule has 7 atom stereocenters. The Kier molecular flexibility index (Phi) is 15.9. The van der Waals surface area contributed by atoms with Crippen molar-refractivity contribution in [1.29, 1.82) is 0 Å². The Hall–Kier alpha value is -5.83. The number of hydrogen-bond acceptors (Lipinski definition) is 14.